The fraction of sp³-hybridized carbons (Fsp3) is 0.567. The minimum Gasteiger partial charge on any atom is -0.508 e. The van der Waals surface area contributed by atoms with Crippen molar-refractivity contribution in [3.63, 3.8) is 0 Å². The Morgan fingerprint density at radius 1 is 1.06 bits per heavy atom. The predicted octanol–water partition coefficient (Wildman–Crippen LogP) is 5.69. The van der Waals surface area contributed by atoms with Gasteiger partial charge in [0, 0.05) is 18.4 Å². The van der Waals surface area contributed by atoms with Crippen molar-refractivity contribution in [3.05, 3.63) is 59.2 Å². The van der Waals surface area contributed by atoms with Gasteiger partial charge in [0.25, 0.3) is 0 Å². The van der Waals surface area contributed by atoms with Gasteiger partial charge in [0.2, 0.25) is 0 Å². The van der Waals surface area contributed by atoms with Gasteiger partial charge in [-0.05, 0) is 116 Å². The molecule has 34 heavy (non-hydrogen) atoms. The summed E-state index contributed by atoms with van der Waals surface area (Å²) in [5.74, 6) is 3.51. The third-order valence-electron chi connectivity index (χ3n) is 9.61. The van der Waals surface area contributed by atoms with Crippen LogP contribution in [0, 0.1) is 17.3 Å². The summed E-state index contributed by atoms with van der Waals surface area (Å²) in [5.41, 5.74) is 3.81. The van der Waals surface area contributed by atoms with E-state index in [-0.39, 0.29) is 5.41 Å². The first-order chi connectivity index (χ1) is 16.5. The number of phenolic OH excluding ortho intramolecular Hbond substituents is 1. The van der Waals surface area contributed by atoms with E-state index >= 15 is 0 Å². The topological polar surface area (TPSA) is 49.8 Å². The predicted molar refractivity (Wildman–Crippen MR) is 133 cm³/mol. The molecule has 0 radical (unpaired) electrons. The van der Waals surface area contributed by atoms with E-state index in [1.165, 1.54) is 42.6 Å². The Balaban J connectivity index is 1.28. The summed E-state index contributed by atoms with van der Waals surface area (Å²) in [5, 5.41) is 10.1. The number of nitrogens with zero attached hydrogens (tertiary/aromatic N) is 1. The second-order valence-electron chi connectivity index (χ2n) is 11.4. The number of phenols is 1. The van der Waals surface area contributed by atoms with Crippen molar-refractivity contribution < 1.29 is 14.6 Å². The average molecular weight is 460 g/mol. The number of ketones is 1. The van der Waals surface area contributed by atoms with Gasteiger partial charge in [-0.25, -0.2) is 0 Å². The van der Waals surface area contributed by atoms with Gasteiger partial charge in [-0.15, -0.1) is 0 Å². The van der Waals surface area contributed by atoms with E-state index in [1.807, 2.05) is 12.1 Å². The first-order valence-electron chi connectivity index (χ1n) is 13.3. The normalized spacial score (nSPS) is 32.8. The van der Waals surface area contributed by atoms with Crippen molar-refractivity contribution in [2.24, 2.45) is 17.3 Å². The number of rotatable bonds is 5. The number of benzene rings is 2. The number of hydrogen-bond donors (Lipinski definition) is 1. The van der Waals surface area contributed by atoms with Crippen LogP contribution in [0.4, 0.5) is 0 Å². The zero-order valence-electron chi connectivity index (χ0n) is 20.3. The number of carbonyl (C=O) groups excluding carboxylic acids is 1. The van der Waals surface area contributed by atoms with Crippen LogP contribution in [0.15, 0.2) is 42.5 Å². The minimum atomic E-state index is -0.203. The van der Waals surface area contributed by atoms with Crippen LogP contribution in [0.2, 0.25) is 0 Å². The molecule has 3 aliphatic carbocycles. The van der Waals surface area contributed by atoms with Gasteiger partial charge >= 0.3 is 0 Å². The molecule has 4 aliphatic rings. The lowest BCUT2D eigenvalue weighted by Crippen LogP contribution is -2.45. The van der Waals surface area contributed by atoms with Gasteiger partial charge in [0.05, 0.1) is 0 Å². The number of carbonyl (C=O) groups is 1. The van der Waals surface area contributed by atoms with Crippen LogP contribution in [-0.2, 0) is 11.2 Å². The highest BCUT2D eigenvalue weighted by molar-refractivity contribution is 5.87. The van der Waals surface area contributed by atoms with Gasteiger partial charge in [-0.1, -0.05) is 25.1 Å². The molecule has 180 valence electrons. The number of fused-ring (bicyclic) bond motifs is 5. The smallest absolute Gasteiger partial charge is 0.139 e. The maximum Gasteiger partial charge on any atom is 0.139 e. The molecule has 3 fully saturated rings. The molecule has 0 amide bonds. The van der Waals surface area contributed by atoms with Crippen molar-refractivity contribution in [3.8, 4) is 11.5 Å². The van der Waals surface area contributed by atoms with Crippen LogP contribution in [-0.4, -0.2) is 42.0 Å². The third-order valence-corrected chi connectivity index (χ3v) is 9.61. The summed E-state index contributed by atoms with van der Waals surface area (Å²) < 4.78 is 6.07. The van der Waals surface area contributed by atoms with Gasteiger partial charge in [-0.3, -0.25) is 9.69 Å². The summed E-state index contributed by atoms with van der Waals surface area (Å²) in [6.45, 7) is 6.38. The Hall–Kier alpha value is -2.33. The van der Waals surface area contributed by atoms with Crippen LogP contribution in [0.25, 0.3) is 0 Å². The standard InChI is InChI=1S/C30H37NO3/c1-30-19-26(20-4-8-23(9-5-20)34-17-16-31-14-2-3-15-31)29-24-11-7-22(32)18-21(24)6-10-25(29)27(30)12-13-28(30)33/h4-5,7-9,11,18,25-27,29,32H,2-3,6,10,12-17,19H2,1H3/t25-,26+,27-,29+,30-/m0/s1. The summed E-state index contributed by atoms with van der Waals surface area (Å²) in [7, 11) is 0. The summed E-state index contributed by atoms with van der Waals surface area (Å²) >= 11 is 0. The Morgan fingerprint density at radius 3 is 2.65 bits per heavy atom. The van der Waals surface area contributed by atoms with E-state index in [0.29, 0.717) is 35.2 Å². The van der Waals surface area contributed by atoms with E-state index in [1.54, 1.807) is 0 Å². The average Bonchev–Trinajstić information content (AvgIpc) is 3.46. The first kappa shape index (κ1) is 22.2. The van der Waals surface area contributed by atoms with Crippen molar-refractivity contribution in [2.75, 3.05) is 26.2 Å². The van der Waals surface area contributed by atoms with Crippen LogP contribution < -0.4 is 4.74 Å². The molecule has 2 saturated carbocycles. The zero-order chi connectivity index (χ0) is 23.3. The quantitative estimate of drug-likeness (QED) is 0.624. The fourth-order valence-corrected chi connectivity index (χ4v) is 7.90. The third kappa shape index (κ3) is 3.75. The molecule has 1 heterocycles. The SMILES string of the molecule is C[C@]12C[C@H](c3ccc(OCCN4CCCC4)cc3)[C@@H]3c4ccc(O)cc4CC[C@H]3[C@@H]1CCC2=O. The highest BCUT2D eigenvalue weighted by Crippen LogP contribution is 2.64. The lowest BCUT2D eigenvalue weighted by Gasteiger charge is -2.52. The molecule has 0 spiro atoms. The molecule has 0 bridgehead atoms. The van der Waals surface area contributed by atoms with Gasteiger partial charge < -0.3 is 9.84 Å². The Kier molecular flexibility index (Phi) is 5.68. The molecule has 6 rings (SSSR count). The van der Waals surface area contributed by atoms with Crippen molar-refractivity contribution in [2.45, 2.75) is 63.7 Å². The molecule has 5 atom stereocenters. The summed E-state index contributed by atoms with van der Waals surface area (Å²) in [6.07, 6.45) is 7.44. The molecular weight excluding hydrogens is 422 g/mol. The van der Waals surface area contributed by atoms with Gasteiger partial charge in [-0.2, -0.15) is 0 Å². The number of aryl methyl sites for hydroxylation is 1. The van der Waals surface area contributed by atoms with E-state index < -0.39 is 0 Å². The molecule has 1 saturated heterocycles. The van der Waals surface area contributed by atoms with Crippen LogP contribution in [0.3, 0.4) is 0 Å². The number of hydrogen-bond acceptors (Lipinski definition) is 4. The molecule has 0 unspecified atom stereocenters. The minimum absolute atomic E-state index is 0.203. The van der Waals surface area contributed by atoms with Gasteiger partial charge in [0.1, 0.15) is 23.9 Å². The highest BCUT2D eigenvalue weighted by Gasteiger charge is 2.57. The monoisotopic (exact) mass is 459 g/mol. The first-order valence-corrected chi connectivity index (χ1v) is 13.3. The largest absolute Gasteiger partial charge is 0.508 e. The zero-order valence-corrected chi connectivity index (χ0v) is 20.3. The highest BCUT2D eigenvalue weighted by atomic mass is 16.5. The molecule has 4 nitrogen and oxygen atoms in total. The second-order valence-corrected chi connectivity index (χ2v) is 11.4. The summed E-state index contributed by atoms with van der Waals surface area (Å²) in [6, 6.07) is 14.7. The Morgan fingerprint density at radius 2 is 1.85 bits per heavy atom. The van der Waals surface area contributed by atoms with Crippen molar-refractivity contribution >= 4 is 5.78 Å². The second kappa shape index (κ2) is 8.71. The van der Waals surface area contributed by atoms with E-state index in [4.69, 9.17) is 4.74 Å². The fourth-order valence-electron chi connectivity index (χ4n) is 7.90. The van der Waals surface area contributed by atoms with E-state index in [9.17, 15) is 9.90 Å². The Bertz CT molecular complexity index is 1060. The number of Topliss-reactive ketones (excluding diaryl/α,β-unsaturated/α-hetero) is 1. The molecule has 4 heteroatoms. The molecule has 2 aromatic rings. The molecule has 0 aromatic heterocycles. The number of ether oxygens (including phenoxy) is 1. The maximum atomic E-state index is 13.1. The van der Waals surface area contributed by atoms with Crippen LogP contribution in [0.5, 0.6) is 11.5 Å². The summed E-state index contributed by atoms with van der Waals surface area (Å²) in [4.78, 5) is 15.6. The lowest BCUT2D eigenvalue weighted by atomic mass is 9.51. The molecule has 2 aromatic carbocycles. The van der Waals surface area contributed by atoms with Gasteiger partial charge in [0.15, 0.2) is 0 Å². The van der Waals surface area contributed by atoms with Crippen molar-refractivity contribution in [1.82, 2.24) is 4.90 Å². The Labute approximate surface area is 203 Å². The van der Waals surface area contributed by atoms with E-state index in [0.717, 1.165) is 51.0 Å². The maximum absolute atomic E-state index is 13.1. The lowest BCUT2D eigenvalue weighted by molar-refractivity contribution is -0.130. The number of likely N-dealkylation sites (tertiary alicyclic amines) is 1. The van der Waals surface area contributed by atoms with Crippen molar-refractivity contribution in [1.29, 1.82) is 0 Å². The molecule has 1 N–H and O–H groups in total. The van der Waals surface area contributed by atoms with Crippen LogP contribution in [0.1, 0.15) is 74.0 Å². The molecular formula is C30H37NO3. The van der Waals surface area contributed by atoms with Crippen LogP contribution >= 0.6 is 0 Å². The number of aromatic hydroxyl groups is 1. The van der Waals surface area contributed by atoms with E-state index in [2.05, 4.69) is 42.2 Å². The molecule has 1 aliphatic heterocycles.